The first kappa shape index (κ1) is 16.9. The molecule has 0 N–H and O–H groups in total. The van der Waals surface area contributed by atoms with Crippen molar-refractivity contribution in [1.29, 1.82) is 0 Å². The summed E-state index contributed by atoms with van der Waals surface area (Å²) in [5.74, 6) is 0.931. The first-order valence-electron chi connectivity index (χ1n) is 8.17. The number of benzene rings is 1. The third-order valence-electron chi connectivity index (χ3n) is 4.08. The van der Waals surface area contributed by atoms with E-state index in [9.17, 15) is 4.79 Å². The third-order valence-corrected chi connectivity index (χ3v) is 5.36. The van der Waals surface area contributed by atoms with Crippen LogP contribution in [0.25, 0.3) is 10.8 Å². The Hall–Kier alpha value is -2.51. The molecule has 1 atom stereocenters. The summed E-state index contributed by atoms with van der Waals surface area (Å²) in [7, 11) is 0. The Kier molecular flexibility index (Phi) is 4.57. The molecule has 8 heteroatoms. The Balaban J connectivity index is 1.68. The van der Waals surface area contributed by atoms with Crippen molar-refractivity contribution in [2.75, 3.05) is 11.4 Å². The number of anilines is 1. The maximum absolute atomic E-state index is 13.1. The third kappa shape index (κ3) is 3.04. The van der Waals surface area contributed by atoms with Gasteiger partial charge < -0.3 is 9.64 Å². The second kappa shape index (κ2) is 7.01. The predicted octanol–water partition coefficient (Wildman–Crippen LogP) is 4.07. The number of rotatable bonds is 3. The number of nitrogens with zero attached hydrogens (tertiary/aromatic N) is 4. The van der Waals surface area contributed by atoms with E-state index in [4.69, 9.17) is 16.3 Å². The number of fused-ring (bicyclic) bond motifs is 1. The fraction of sp³-hybridized carbons (Fsp3) is 0.222. The van der Waals surface area contributed by atoms with E-state index in [1.165, 1.54) is 11.3 Å². The number of ether oxygens (including phenoxy) is 1. The summed E-state index contributed by atoms with van der Waals surface area (Å²) < 4.78 is 5.94. The molecule has 1 aliphatic rings. The number of carbonyl (C=O) groups excluding carboxylic acids is 1. The van der Waals surface area contributed by atoms with Gasteiger partial charge in [-0.15, -0.1) is 11.3 Å². The van der Waals surface area contributed by atoms with Gasteiger partial charge in [0.05, 0.1) is 23.5 Å². The van der Waals surface area contributed by atoms with E-state index in [1.54, 1.807) is 35.6 Å². The highest BCUT2D eigenvalue weighted by Gasteiger charge is 2.32. The summed E-state index contributed by atoms with van der Waals surface area (Å²) in [4.78, 5) is 28.0. The van der Waals surface area contributed by atoms with Gasteiger partial charge in [-0.3, -0.25) is 4.79 Å². The lowest BCUT2D eigenvalue weighted by Crippen LogP contribution is -2.43. The zero-order valence-corrected chi connectivity index (χ0v) is 15.5. The zero-order chi connectivity index (χ0) is 18.1. The molecule has 1 unspecified atom stereocenters. The van der Waals surface area contributed by atoms with Crippen molar-refractivity contribution in [3.8, 4) is 16.6 Å². The molecule has 0 saturated heterocycles. The van der Waals surface area contributed by atoms with Crippen LogP contribution < -0.4 is 9.64 Å². The van der Waals surface area contributed by atoms with Crippen molar-refractivity contribution in [3.05, 3.63) is 52.8 Å². The molecule has 3 heterocycles. The number of amides is 1. The van der Waals surface area contributed by atoms with Gasteiger partial charge in [0.25, 0.3) is 5.91 Å². The average molecular weight is 387 g/mol. The van der Waals surface area contributed by atoms with Crippen LogP contribution >= 0.6 is 22.9 Å². The topological polar surface area (TPSA) is 68.2 Å². The van der Waals surface area contributed by atoms with Gasteiger partial charge in [0, 0.05) is 12.4 Å². The van der Waals surface area contributed by atoms with Gasteiger partial charge in [0.15, 0.2) is 16.6 Å². The fourth-order valence-electron chi connectivity index (χ4n) is 2.76. The molecule has 132 valence electrons. The first-order valence-corrected chi connectivity index (χ1v) is 9.37. The van der Waals surface area contributed by atoms with Gasteiger partial charge in [-0.05, 0) is 24.6 Å². The summed E-state index contributed by atoms with van der Waals surface area (Å²) in [6.07, 6.45) is 5.55. The van der Waals surface area contributed by atoms with Crippen molar-refractivity contribution < 1.29 is 9.53 Å². The highest BCUT2D eigenvalue weighted by Crippen LogP contribution is 2.40. The van der Waals surface area contributed by atoms with Crippen LogP contribution in [0.15, 0.2) is 42.9 Å². The van der Waals surface area contributed by atoms with Gasteiger partial charge >= 0.3 is 0 Å². The predicted molar refractivity (Wildman–Crippen MR) is 101 cm³/mol. The second-order valence-corrected chi connectivity index (χ2v) is 7.19. The van der Waals surface area contributed by atoms with E-state index >= 15 is 0 Å². The van der Waals surface area contributed by atoms with Crippen LogP contribution in [0.5, 0.6) is 5.75 Å². The molecular formula is C18H15ClN4O2S. The van der Waals surface area contributed by atoms with E-state index in [2.05, 4.69) is 15.0 Å². The minimum absolute atomic E-state index is 0.101. The maximum atomic E-state index is 13.1. The lowest BCUT2D eigenvalue weighted by atomic mass is 10.1. The van der Waals surface area contributed by atoms with Crippen molar-refractivity contribution in [2.45, 2.75) is 19.4 Å². The van der Waals surface area contributed by atoms with Gasteiger partial charge in [-0.25, -0.2) is 15.0 Å². The molecule has 0 fully saturated rings. The molecule has 0 spiro atoms. The van der Waals surface area contributed by atoms with E-state index in [-0.39, 0.29) is 12.0 Å². The van der Waals surface area contributed by atoms with E-state index < -0.39 is 0 Å². The van der Waals surface area contributed by atoms with Crippen molar-refractivity contribution >= 4 is 34.5 Å². The first-order chi connectivity index (χ1) is 12.7. The molecule has 0 aliphatic carbocycles. The minimum atomic E-state index is -0.130. The van der Waals surface area contributed by atoms with Crippen molar-refractivity contribution in [2.24, 2.45) is 0 Å². The van der Waals surface area contributed by atoms with Crippen LogP contribution in [-0.2, 0) is 0 Å². The van der Waals surface area contributed by atoms with Gasteiger partial charge in [0.1, 0.15) is 11.0 Å². The lowest BCUT2D eigenvalue weighted by Gasteiger charge is -2.34. The molecule has 4 rings (SSSR count). The number of aromatic nitrogens is 3. The number of para-hydroxylation sites is 1. The van der Waals surface area contributed by atoms with E-state index in [0.29, 0.717) is 38.7 Å². The van der Waals surface area contributed by atoms with Crippen LogP contribution in [0, 0.1) is 0 Å². The monoisotopic (exact) mass is 386 g/mol. The van der Waals surface area contributed by atoms with Crippen LogP contribution in [0.2, 0.25) is 5.02 Å². The molecule has 1 amide bonds. The molecule has 1 aromatic carbocycles. The summed E-state index contributed by atoms with van der Waals surface area (Å²) in [6.45, 7) is 2.49. The van der Waals surface area contributed by atoms with E-state index in [1.807, 2.05) is 19.1 Å². The van der Waals surface area contributed by atoms with Crippen LogP contribution in [0.3, 0.4) is 0 Å². The largest absolute Gasteiger partial charge is 0.485 e. The number of carbonyl (C=O) groups is 1. The van der Waals surface area contributed by atoms with Crippen LogP contribution in [0.1, 0.15) is 23.0 Å². The van der Waals surface area contributed by atoms with Crippen molar-refractivity contribution in [1.82, 2.24) is 15.0 Å². The Morgan fingerprint density at radius 2 is 2.12 bits per heavy atom. The molecule has 1 aliphatic heterocycles. The highest BCUT2D eigenvalue weighted by molar-refractivity contribution is 7.17. The average Bonchev–Trinajstić information content (AvgIpc) is 3.18. The smallest absolute Gasteiger partial charge is 0.270 e. The Labute approximate surface area is 159 Å². The van der Waals surface area contributed by atoms with Crippen LogP contribution in [-0.4, -0.2) is 33.5 Å². The Morgan fingerprint density at radius 3 is 2.88 bits per heavy atom. The second-order valence-electron chi connectivity index (χ2n) is 5.75. The quantitative estimate of drug-likeness (QED) is 0.678. The zero-order valence-electron chi connectivity index (χ0n) is 13.9. The maximum Gasteiger partial charge on any atom is 0.270 e. The van der Waals surface area contributed by atoms with Crippen molar-refractivity contribution in [3.63, 3.8) is 0 Å². The number of hydrogen-bond donors (Lipinski definition) is 0. The van der Waals surface area contributed by atoms with Gasteiger partial charge in [0.2, 0.25) is 0 Å². The SMILES string of the molecule is CCC1CN(C(=O)c2cnc(-c3ncccn3)s2)c2cccc(Cl)c2O1. The number of hydrogen-bond acceptors (Lipinski definition) is 6. The Morgan fingerprint density at radius 1 is 1.31 bits per heavy atom. The Bertz CT molecular complexity index is 947. The van der Waals surface area contributed by atoms with Crippen LogP contribution in [0.4, 0.5) is 5.69 Å². The highest BCUT2D eigenvalue weighted by atomic mass is 35.5. The molecule has 2 aromatic heterocycles. The summed E-state index contributed by atoms with van der Waals surface area (Å²) in [5.41, 5.74) is 0.679. The minimum Gasteiger partial charge on any atom is -0.485 e. The number of thiazole rings is 1. The lowest BCUT2D eigenvalue weighted by molar-refractivity contribution is 0.0958. The molecule has 3 aromatic rings. The standard InChI is InChI=1S/C18H15ClN4O2S/c1-2-11-10-23(13-6-3-5-12(19)15(13)25-11)18(24)14-9-22-17(26-14)16-20-7-4-8-21-16/h3-9,11H,2,10H2,1H3. The normalized spacial score (nSPS) is 16.1. The summed E-state index contributed by atoms with van der Waals surface area (Å²) >= 11 is 7.55. The number of halogens is 1. The molecule has 6 nitrogen and oxygen atoms in total. The van der Waals surface area contributed by atoms with Gasteiger partial charge in [-0.1, -0.05) is 24.6 Å². The van der Waals surface area contributed by atoms with E-state index in [0.717, 1.165) is 6.42 Å². The molecular weight excluding hydrogens is 372 g/mol. The summed E-state index contributed by atoms with van der Waals surface area (Å²) in [5, 5.41) is 1.11. The molecule has 0 saturated carbocycles. The summed E-state index contributed by atoms with van der Waals surface area (Å²) in [6, 6.07) is 7.15. The molecule has 0 radical (unpaired) electrons. The molecule has 26 heavy (non-hydrogen) atoms. The fourth-order valence-corrected chi connectivity index (χ4v) is 3.78. The molecule has 0 bridgehead atoms. The van der Waals surface area contributed by atoms with Gasteiger partial charge in [-0.2, -0.15) is 0 Å².